The minimum atomic E-state index is -3.11. The molecule has 0 bridgehead atoms. The molecule has 2 aromatic rings. The molecule has 0 spiro atoms. The van der Waals surface area contributed by atoms with Crippen LogP contribution in [-0.4, -0.2) is 36.4 Å². The van der Waals surface area contributed by atoms with E-state index in [-0.39, 0.29) is 6.54 Å². The predicted octanol–water partition coefficient (Wildman–Crippen LogP) is 3.81. The highest BCUT2D eigenvalue weighted by atomic mass is 19.3. The van der Waals surface area contributed by atoms with Crippen LogP contribution in [0.25, 0.3) is 6.08 Å². The van der Waals surface area contributed by atoms with Crippen molar-refractivity contribution in [1.29, 1.82) is 5.26 Å². The van der Waals surface area contributed by atoms with Crippen molar-refractivity contribution >= 4 is 17.7 Å². The average molecular weight is 379 g/mol. The van der Waals surface area contributed by atoms with Gasteiger partial charge in [-0.05, 0) is 17.2 Å². The number of para-hydroxylation sites is 1. The maximum Gasteiger partial charge on any atom is 0.269 e. The van der Waals surface area contributed by atoms with Crippen LogP contribution in [0.2, 0.25) is 0 Å². The van der Waals surface area contributed by atoms with Gasteiger partial charge < -0.3 is 9.80 Å². The second-order valence-corrected chi connectivity index (χ2v) is 7.19. The first kappa shape index (κ1) is 18.2. The number of likely N-dealkylation sites (tertiary alicyclic amines) is 1. The molecule has 0 saturated carbocycles. The van der Waals surface area contributed by atoms with Gasteiger partial charge in [0.2, 0.25) is 5.91 Å². The van der Waals surface area contributed by atoms with Gasteiger partial charge in [0.1, 0.15) is 0 Å². The molecule has 0 aromatic heterocycles. The van der Waals surface area contributed by atoms with Crippen molar-refractivity contribution in [2.24, 2.45) is 0 Å². The molecule has 1 amide bonds. The third kappa shape index (κ3) is 3.03. The van der Waals surface area contributed by atoms with E-state index in [9.17, 15) is 18.8 Å². The van der Waals surface area contributed by atoms with Gasteiger partial charge in [0.25, 0.3) is 5.92 Å². The Labute approximate surface area is 162 Å². The number of benzene rings is 2. The molecule has 1 fully saturated rings. The molecule has 4 rings (SSSR count). The quantitative estimate of drug-likeness (QED) is 0.815. The van der Waals surface area contributed by atoms with Crippen LogP contribution in [0.1, 0.15) is 17.5 Å². The standard InChI is InChI=1S/C22H19F2N3O/c23-22(24)14-21(15-25,18-9-2-1-3-10-18)27(16-22)20(28)13-26-12-6-8-17-7-4-5-11-19(17)26/h1-11H,12-14,16H2. The average Bonchev–Trinajstić information content (AvgIpc) is 3.01. The van der Waals surface area contributed by atoms with Crippen LogP contribution >= 0.6 is 0 Å². The molecule has 2 aliphatic rings. The molecule has 28 heavy (non-hydrogen) atoms. The van der Waals surface area contributed by atoms with Crippen LogP contribution in [-0.2, 0) is 10.3 Å². The van der Waals surface area contributed by atoms with Gasteiger partial charge in [0, 0.05) is 12.2 Å². The first-order valence-electron chi connectivity index (χ1n) is 9.11. The van der Waals surface area contributed by atoms with Crippen LogP contribution in [0.4, 0.5) is 14.5 Å². The molecule has 2 aliphatic heterocycles. The molecule has 1 unspecified atom stereocenters. The zero-order chi connectivity index (χ0) is 19.8. The van der Waals surface area contributed by atoms with Gasteiger partial charge in [0.15, 0.2) is 5.54 Å². The minimum Gasteiger partial charge on any atom is -0.358 e. The molecular formula is C22H19F2N3O. The van der Waals surface area contributed by atoms with Crippen molar-refractivity contribution in [3.63, 3.8) is 0 Å². The van der Waals surface area contributed by atoms with Crippen LogP contribution < -0.4 is 4.90 Å². The number of alkyl halides is 2. The number of carbonyl (C=O) groups excluding carboxylic acids is 1. The summed E-state index contributed by atoms with van der Waals surface area (Å²) >= 11 is 0. The second-order valence-electron chi connectivity index (χ2n) is 7.19. The van der Waals surface area contributed by atoms with Crippen molar-refractivity contribution in [2.45, 2.75) is 17.9 Å². The Morgan fingerprint density at radius 2 is 1.82 bits per heavy atom. The van der Waals surface area contributed by atoms with E-state index in [1.165, 1.54) is 0 Å². The first-order chi connectivity index (χ1) is 13.5. The van der Waals surface area contributed by atoms with Gasteiger partial charge in [-0.15, -0.1) is 0 Å². The third-order valence-corrected chi connectivity index (χ3v) is 5.33. The normalized spacial score (nSPS) is 22.6. The number of carbonyl (C=O) groups is 1. The third-order valence-electron chi connectivity index (χ3n) is 5.33. The van der Waals surface area contributed by atoms with E-state index in [4.69, 9.17) is 0 Å². The van der Waals surface area contributed by atoms with E-state index in [2.05, 4.69) is 0 Å². The molecule has 1 atom stereocenters. The van der Waals surface area contributed by atoms with Crippen molar-refractivity contribution in [1.82, 2.24) is 4.90 Å². The van der Waals surface area contributed by atoms with Gasteiger partial charge in [-0.2, -0.15) is 5.26 Å². The molecule has 0 aliphatic carbocycles. The van der Waals surface area contributed by atoms with Gasteiger partial charge in [0.05, 0.1) is 25.6 Å². The maximum absolute atomic E-state index is 14.4. The van der Waals surface area contributed by atoms with Gasteiger partial charge in [-0.25, -0.2) is 8.78 Å². The lowest BCUT2D eigenvalue weighted by Crippen LogP contribution is -2.48. The van der Waals surface area contributed by atoms with Crippen LogP contribution in [0, 0.1) is 11.3 Å². The molecule has 1 saturated heterocycles. The first-order valence-corrected chi connectivity index (χ1v) is 9.11. The van der Waals surface area contributed by atoms with Gasteiger partial charge in [-0.1, -0.05) is 60.7 Å². The van der Waals surface area contributed by atoms with E-state index >= 15 is 0 Å². The van der Waals surface area contributed by atoms with E-state index in [1.54, 1.807) is 30.3 Å². The number of fused-ring (bicyclic) bond motifs is 1. The SMILES string of the molecule is N#CC1(c2ccccc2)CC(F)(F)CN1C(=O)CN1CC=Cc2ccccc21. The van der Waals surface area contributed by atoms with Crippen molar-refractivity contribution in [3.8, 4) is 6.07 Å². The summed E-state index contributed by atoms with van der Waals surface area (Å²) in [6.07, 6.45) is 3.22. The Morgan fingerprint density at radius 1 is 1.11 bits per heavy atom. The van der Waals surface area contributed by atoms with Crippen molar-refractivity contribution < 1.29 is 13.6 Å². The van der Waals surface area contributed by atoms with E-state index < -0.39 is 30.3 Å². The number of halogens is 2. The Bertz CT molecular complexity index is 967. The number of hydrogen-bond acceptors (Lipinski definition) is 3. The Kier molecular flexibility index (Phi) is 4.38. The number of nitriles is 1. The molecule has 2 aromatic carbocycles. The number of hydrogen-bond donors (Lipinski definition) is 0. The highest BCUT2D eigenvalue weighted by molar-refractivity contribution is 5.85. The summed E-state index contributed by atoms with van der Waals surface area (Å²) in [4.78, 5) is 16.0. The Hall–Kier alpha value is -3.20. The molecule has 0 N–H and O–H groups in total. The summed E-state index contributed by atoms with van der Waals surface area (Å²) in [5.41, 5.74) is 0.615. The lowest BCUT2D eigenvalue weighted by Gasteiger charge is -2.35. The highest BCUT2D eigenvalue weighted by Crippen LogP contribution is 2.46. The van der Waals surface area contributed by atoms with E-state index in [1.807, 2.05) is 47.4 Å². The smallest absolute Gasteiger partial charge is 0.269 e. The summed E-state index contributed by atoms with van der Waals surface area (Å²) in [5, 5.41) is 9.88. The molecular weight excluding hydrogens is 360 g/mol. The topological polar surface area (TPSA) is 47.3 Å². The fourth-order valence-electron chi connectivity index (χ4n) is 4.05. The highest BCUT2D eigenvalue weighted by Gasteiger charge is 2.58. The number of amides is 1. The maximum atomic E-state index is 14.4. The van der Waals surface area contributed by atoms with Gasteiger partial charge >= 0.3 is 0 Å². The predicted molar refractivity (Wildman–Crippen MR) is 103 cm³/mol. The number of nitrogens with zero attached hydrogens (tertiary/aromatic N) is 3. The lowest BCUT2D eigenvalue weighted by atomic mass is 9.88. The van der Waals surface area contributed by atoms with E-state index in [0.717, 1.165) is 16.2 Å². The summed E-state index contributed by atoms with van der Waals surface area (Å²) in [7, 11) is 0. The van der Waals surface area contributed by atoms with Crippen LogP contribution in [0.15, 0.2) is 60.7 Å². The summed E-state index contributed by atoms with van der Waals surface area (Å²) in [5.74, 6) is -3.59. The monoisotopic (exact) mass is 379 g/mol. The summed E-state index contributed by atoms with van der Waals surface area (Å²) in [6, 6.07) is 18.1. The van der Waals surface area contributed by atoms with Crippen molar-refractivity contribution in [2.75, 3.05) is 24.5 Å². The minimum absolute atomic E-state index is 0.0618. The fraction of sp³-hybridized carbons (Fsp3) is 0.273. The lowest BCUT2D eigenvalue weighted by molar-refractivity contribution is -0.133. The summed E-state index contributed by atoms with van der Waals surface area (Å²) in [6.45, 7) is -0.300. The molecule has 142 valence electrons. The molecule has 6 heteroatoms. The second kappa shape index (κ2) is 6.75. The number of rotatable bonds is 3. The van der Waals surface area contributed by atoms with Gasteiger partial charge in [-0.3, -0.25) is 4.79 Å². The van der Waals surface area contributed by atoms with Crippen LogP contribution in [0.5, 0.6) is 0 Å². The Balaban J connectivity index is 1.66. The zero-order valence-electron chi connectivity index (χ0n) is 15.2. The number of anilines is 1. The fourth-order valence-corrected chi connectivity index (χ4v) is 4.05. The van der Waals surface area contributed by atoms with Crippen molar-refractivity contribution in [3.05, 3.63) is 71.8 Å². The van der Waals surface area contributed by atoms with Crippen LogP contribution in [0.3, 0.4) is 0 Å². The zero-order valence-corrected chi connectivity index (χ0v) is 15.2. The molecule has 4 nitrogen and oxygen atoms in total. The van der Waals surface area contributed by atoms with E-state index in [0.29, 0.717) is 12.1 Å². The molecule has 0 radical (unpaired) electrons. The molecule has 2 heterocycles. The largest absolute Gasteiger partial charge is 0.358 e. The Morgan fingerprint density at radius 3 is 2.57 bits per heavy atom. The summed E-state index contributed by atoms with van der Waals surface area (Å²) < 4.78 is 28.7.